The van der Waals surface area contributed by atoms with Gasteiger partial charge < -0.3 is 5.32 Å². The van der Waals surface area contributed by atoms with Crippen molar-refractivity contribution in [3.63, 3.8) is 0 Å². The van der Waals surface area contributed by atoms with Crippen LogP contribution >= 0.6 is 0 Å². The molecule has 1 fully saturated rings. The third-order valence-electron chi connectivity index (χ3n) is 3.96. The van der Waals surface area contributed by atoms with Crippen LogP contribution in [0.4, 0.5) is 0 Å². The monoisotopic (exact) mass is 258 g/mol. The van der Waals surface area contributed by atoms with Gasteiger partial charge in [0.05, 0.1) is 12.0 Å². The first-order valence-electron chi connectivity index (χ1n) is 6.63. The lowest BCUT2D eigenvalue weighted by Crippen LogP contribution is -2.32. The van der Waals surface area contributed by atoms with Crippen LogP contribution in [0.2, 0.25) is 0 Å². The highest BCUT2D eigenvalue weighted by Crippen LogP contribution is 2.32. The molecule has 0 unspecified atom stereocenters. The molecule has 0 radical (unpaired) electrons. The fourth-order valence-corrected chi connectivity index (χ4v) is 2.82. The van der Waals surface area contributed by atoms with E-state index in [-0.39, 0.29) is 11.8 Å². The van der Waals surface area contributed by atoms with Gasteiger partial charge in [0, 0.05) is 19.5 Å². The molecule has 4 nitrogen and oxygen atoms in total. The second-order valence-electron chi connectivity index (χ2n) is 6.05. The van der Waals surface area contributed by atoms with Crippen LogP contribution in [0.3, 0.4) is 0 Å². The number of amides is 2. The van der Waals surface area contributed by atoms with Gasteiger partial charge in [0.2, 0.25) is 11.8 Å². The van der Waals surface area contributed by atoms with E-state index in [4.69, 9.17) is 0 Å². The van der Waals surface area contributed by atoms with E-state index < -0.39 is 5.41 Å². The first kappa shape index (κ1) is 12.4. The highest BCUT2D eigenvalue weighted by atomic mass is 16.2. The van der Waals surface area contributed by atoms with E-state index in [0.29, 0.717) is 13.0 Å². The molecule has 0 atom stereocenters. The molecule has 100 valence electrons. The minimum absolute atomic E-state index is 0.0591. The van der Waals surface area contributed by atoms with Crippen LogP contribution < -0.4 is 5.32 Å². The van der Waals surface area contributed by atoms with Crippen LogP contribution in [0.5, 0.6) is 0 Å². The first-order valence-corrected chi connectivity index (χ1v) is 6.63. The van der Waals surface area contributed by atoms with E-state index in [1.807, 2.05) is 19.9 Å². The molecule has 0 saturated carbocycles. The van der Waals surface area contributed by atoms with Crippen LogP contribution in [0, 0.1) is 5.41 Å². The molecule has 3 rings (SSSR count). The maximum absolute atomic E-state index is 12.2. The zero-order valence-corrected chi connectivity index (χ0v) is 11.3. The molecule has 4 heteroatoms. The standard InChI is InChI=1S/C15H18N2O2/c1-15(2)6-13(18)17(14(15)19)9-10-3-4-11-7-16-8-12(11)5-10/h3-5,16H,6-9H2,1-2H3. The number of rotatable bonds is 2. The van der Waals surface area contributed by atoms with Gasteiger partial charge in [-0.2, -0.15) is 0 Å². The lowest BCUT2D eigenvalue weighted by atomic mass is 9.92. The molecule has 1 aromatic carbocycles. The number of nitrogens with zero attached hydrogens (tertiary/aromatic N) is 1. The zero-order valence-electron chi connectivity index (χ0n) is 11.3. The highest BCUT2D eigenvalue weighted by Gasteiger charge is 2.44. The molecule has 2 aliphatic heterocycles. The Morgan fingerprint density at radius 1 is 1.21 bits per heavy atom. The van der Waals surface area contributed by atoms with E-state index in [1.165, 1.54) is 16.0 Å². The van der Waals surface area contributed by atoms with E-state index in [2.05, 4.69) is 17.4 Å². The second-order valence-corrected chi connectivity index (χ2v) is 6.05. The van der Waals surface area contributed by atoms with Gasteiger partial charge in [0.25, 0.3) is 0 Å². The van der Waals surface area contributed by atoms with Gasteiger partial charge >= 0.3 is 0 Å². The molecule has 0 bridgehead atoms. The van der Waals surface area contributed by atoms with E-state index in [0.717, 1.165) is 18.7 Å². The Kier molecular flexibility index (Phi) is 2.71. The Morgan fingerprint density at radius 3 is 2.63 bits per heavy atom. The average Bonchev–Trinajstić information content (AvgIpc) is 2.87. The largest absolute Gasteiger partial charge is 0.309 e. The molecule has 2 aliphatic rings. The number of hydrogen-bond acceptors (Lipinski definition) is 3. The molecule has 0 aliphatic carbocycles. The summed E-state index contributed by atoms with van der Waals surface area (Å²) in [5.41, 5.74) is 3.07. The van der Waals surface area contributed by atoms with Gasteiger partial charge in [-0.3, -0.25) is 14.5 Å². The van der Waals surface area contributed by atoms with E-state index >= 15 is 0 Å². The van der Waals surface area contributed by atoms with Crippen molar-refractivity contribution in [2.75, 3.05) is 0 Å². The van der Waals surface area contributed by atoms with Gasteiger partial charge in [0.15, 0.2) is 0 Å². The first-order chi connectivity index (χ1) is 8.97. The Labute approximate surface area is 112 Å². The maximum Gasteiger partial charge on any atom is 0.235 e. The summed E-state index contributed by atoms with van der Waals surface area (Å²) in [4.78, 5) is 25.5. The normalized spacial score (nSPS) is 21.1. The number of nitrogens with one attached hydrogen (secondary N) is 1. The molecule has 1 aromatic rings. The zero-order chi connectivity index (χ0) is 13.6. The van der Waals surface area contributed by atoms with Crippen LogP contribution in [-0.4, -0.2) is 16.7 Å². The molecule has 2 amide bonds. The van der Waals surface area contributed by atoms with Crippen LogP contribution in [0.25, 0.3) is 0 Å². The number of carbonyl (C=O) groups excluding carboxylic acids is 2. The van der Waals surface area contributed by atoms with Gasteiger partial charge in [-0.25, -0.2) is 0 Å². The summed E-state index contributed by atoms with van der Waals surface area (Å²) in [5, 5.41) is 3.29. The third kappa shape index (κ3) is 2.06. The molecule has 2 heterocycles. The molecule has 1 saturated heterocycles. The smallest absolute Gasteiger partial charge is 0.235 e. The van der Waals surface area contributed by atoms with Crippen molar-refractivity contribution in [1.82, 2.24) is 10.2 Å². The van der Waals surface area contributed by atoms with E-state index in [1.54, 1.807) is 0 Å². The number of likely N-dealkylation sites (tertiary alicyclic amines) is 1. The van der Waals surface area contributed by atoms with E-state index in [9.17, 15) is 9.59 Å². The highest BCUT2D eigenvalue weighted by molar-refractivity contribution is 6.05. The number of imide groups is 1. The predicted octanol–water partition coefficient (Wildman–Crippen LogP) is 1.57. The summed E-state index contributed by atoms with van der Waals surface area (Å²) in [6, 6.07) is 6.19. The summed E-state index contributed by atoms with van der Waals surface area (Å²) >= 11 is 0. The molecule has 0 aromatic heterocycles. The van der Waals surface area contributed by atoms with Gasteiger partial charge in [-0.15, -0.1) is 0 Å². The van der Waals surface area contributed by atoms with Crippen LogP contribution in [0.1, 0.15) is 37.0 Å². The Morgan fingerprint density at radius 2 is 1.95 bits per heavy atom. The molecule has 1 N–H and O–H groups in total. The topological polar surface area (TPSA) is 49.4 Å². The summed E-state index contributed by atoms with van der Waals surface area (Å²) in [5.74, 6) is -0.121. The summed E-state index contributed by atoms with van der Waals surface area (Å²) < 4.78 is 0. The average molecular weight is 258 g/mol. The molecule has 0 spiro atoms. The Hall–Kier alpha value is -1.68. The SMILES string of the molecule is CC1(C)CC(=O)N(Cc2ccc3c(c2)CNC3)C1=O. The molecular weight excluding hydrogens is 240 g/mol. The second kappa shape index (κ2) is 4.17. The van der Waals surface area contributed by atoms with Crippen molar-refractivity contribution in [3.8, 4) is 0 Å². The predicted molar refractivity (Wildman–Crippen MR) is 70.9 cm³/mol. The quantitative estimate of drug-likeness (QED) is 0.819. The summed E-state index contributed by atoms with van der Waals surface area (Å²) in [6.45, 7) is 5.84. The lowest BCUT2D eigenvalue weighted by molar-refractivity contribution is -0.141. The minimum Gasteiger partial charge on any atom is -0.309 e. The maximum atomic E-state index is 12.2. The summed E-state index contributed by atoms with van der Waals surface area (Å²) in [6.07, 6.45) is 0.318. The summed E-state index contributed by atoms with van der Waals surface area (Å²) in [7, 11) is 0. The molecular formula is C15H18N2O2. The molecule has 19 heavy (non-hydrogen) atoms. The number of fused-ring (bicyclic) bond motifs is 1. The fourth-order valence-electron chi connectivity index (χ4n) is 2.82. The van der Waals surface area contributed by atoms with Crippen molar-refractivity contribution in [1.29, 1.82) is 0 Å². The number of carbonyl (C=O) groups is 2. The fraction of sp³-hybridized carbons (Fsp3) is 0.467. The van der Waals surface area contributed by atoms with Gasteiger partial charge in [0.1, 0.15) is 0 Å². The van der Waals surface area contributed by atoms with Gasteiger partial charge in [-0.05, 0) is 16.7 Å². The van der Waals surface area contributed by atoms with Crippen molar-refractivity contribution in [2.45, 2.75) is 39.9 Å². The Balaban J connectivity index is 1.82. The van der Waals surface area contributed by atoms with Crippen LogP contribution in [0.15, 0.2) is 18.2 Å². The lowest BCUT2D eigenvalue weighted by Gasteiger charge is -2.18. The number of hydrogen-bond donors (Lipinski definition) is 1. The van der Waals surface area contributed by atoms with Crippen LogP contribution in [-0.2, 0) is 29.2 Å². The third-order valence-corrected chi connectivity index (χ3v) is 3.96. The van der Waals surface area contributed by atoms with Gasteiger partial charge in [-0.1, -0.05) is 32.0 Å². The Bertz CT molecular complexity index is 563. The van der Waals surface area contributed by atoms with Crippen molar-refractivity contribution in [2.24, 2.45) is 5.41 Å². The number of benzene rings is 1. The van der Waals surface area contributed by atoms with Crippen molar-refractivity contribution >= 4 is 11.8 Å². The van der Waals surface area contributed by atoms with Crippen molar-refractivity contribution in [3.05, 3.63) is 34.9 Å². The van der Waals surface area contributed by atoms with Crippen molar-refractivity contribution < 1.29 is 9.59 Å². The minimum atomic E-state index is -0.546.